The Morgan fingerprint density at radius 2 is 2.00 bits per heavy atom. The van der Waals surface area contributed by atoms with Crippen molar-refractivity contribution in [2.75, 3.05) is 13.2 Å². The van der Waals surface area contributed by atoms with Crippen LogP contribution in [0.1, 0.15) is 25.3 Å². The van der Waals surface area contributed by atoms with Crippen LogP contribution in [0.2, 0.25) is 0 Å². The highest BCUT2D eigenvalue weighted by Gasteiger charge is 2.34. The van der Waals surface area contributed by atoms with E-state index in [0.29, 0.717) is 11.4 Å². The van der Waals surface area contributed by atoms with Gasteiger partial charge in [0.2, 0.25) is 10.0 Å². The van der Waals surface area contributed by atoms with Gasteiger partial charge in [-0.2, -0.15) is 4.31 Å². The molecule has 18 heavy (non-hydrogen) atoms. The predicted octanol–water partition coefficient (Wildman–Crippen LogP) is 1.39. The van der Waals surface area contributed by atoms with Crippen molar-refractivity contribution < 1.29 is 13.5 Å². The Bertz CT molecular complexity index is 495. The largest absolute Gasteiger partial charge is 0.395 e. The second kappa shape index (κ2) is 5.38. The van der Waals surface area contributed by atoms with E-state index >= 15 is 0 Å². The van der Waals surface area contributed by atoms with Crippen LogP contribution in [0.15, 0.2) is 29.2 Å². The number of nitrogens with zero attached hydrogens (tertiary/aromatic N) is 1. The number of aliphatic hydroxyl groups excluding tert-OH is 1. The number of hydrogen-bond acceptors (Lipinski definition) is 3. The maximum absolute atomic E-state index is 12.4. The lowest BCUT2D eigenvalue weighted by Crippen LogP contribution is -2.37. The van der Waals surface area contributed by atoms with Crippen LogP contribution < -0.4 is 0 Å². The first-order chi connectivity index (χ1) is 8.59. The number of aliphatic hydroxyl groups is 1. The first-order valence-electron chi connectivity index (χ1n) is 6.31. The highest BCUT2D eigenvalue weighted by atomic mass is 32.2. The molecule has 1 heterocycles. The van der Waals surface area contributed by atoms with Gasteiger partial charge in [-0.3, -0.25) is 0 Å². The molecule has 1 aromatic carbocycles. The Morgan fingerprint density at radius 1 is 1.33 bits per heavy atom. The molecule has 0 spiro atoms. The van der Waals surface area contributed by atoms with Gasteiger partial charge in [-0.15, -0.1) is 0 Å². The van der Waals surface area contributed by atoms with Gasteiger partial charge in [0.1, 0.15) is 0 Å². The molecule has 1 N–H and O–H groups in total. The minimum absolute atomic E-state index is 0.105. The summed E-state index contributed by atoms with van der Waals surface area (Å²) in [5, 5.41) is 9.22. The van der Waals surface area contributed by atoms with Crippen molar-refractivity contribution in [1.29, 1.82) is 0 Å². The summed E-state index contributed by atoms with van der Waals surface area (Å²) in [6.07, 6.45) is 2.45. The lowest BCUT2D eigenvalue weighted by molar-refractivity contribution is 0.213. The second-order valence-electron chi connectivity index (χ2n) is 4.59. The maximum Gasteiger partial charge on any atom is 0.243 e. The number of rotatable bonds is 4. The monoisotopic (exact) mass is 269 g/mol. The van der Waals surface area contributed by atoms with Gasteiger partial charge in [0, 0.05) is 12.6 Å². The Morgan fingerprint density at radius 3 is 2.56 bits per heavy atom. The van der Waals surface area contributed by atoms with E-state index in [0.717, 1.165) is 24.8 Å². The van der Waals surface area contributed by atoms with E-state index in [2.05, 4.69) is 0 Å². The van der Waals surface area contributed by atoms with E-state index in [1.165, 1.54) is 4.31 Å². The minimum Gasteiger partial charge on any atom is -0.395 e. The molecule has 0 radical (unpaired) electrons. The van der Waals surface area contributed by atoms with Crippen LogP contribution in [0.25, 0.3) is 0 Å². The molecule has 1 fully saturated rings. The molecule has 0 aliphatic carbocycles. The average Bonchev–Trinajstić information content (AvgIpc) is 2.88. The first-order valence-corrected chi connectivity index (χ1v) is 7.75. The van der Waals surface area contributed by atoms with Gasteiger partial charge in [-0.25, -0.2) is 8.42 Å². The standard InChI is InChI=1S/C13H19NO3S/c1-2-11-5-7-13(8-6-11)18(16,17)14-9-3-4-12(14)10-15/h5-8,12,15H,2-4,9-10H2,1H3. The summed E-state index contributed by atoms with van der Waals surface area (Å²) in [5.41, 5.74) is 1.12. The van der Waals surface area contributed by atoms with Crippen molar-refractivity contribution in [2.45, 2.75) is 37.1 Å². The van der Waals surface area contributed by atoms with Crippen LogP contribution in [0.5, 0.6) is 0 Å². The molecule has 0 bridgehead atoms. The summed E-state index contributed by atoms with van der Waals surface area (Å²) in [5.74, 6) is 0. The molecule has 1 aromatic rings. The van der Waals surface area contributed by atoms with Crippen molar-refractivity contribution in [3.63, 3.8) is 0 Å². The second-order valence-corrected chi connectivity index (χ2v) is 6.48. The summed E-state index contributed by atoms with van der Waals surface area (Å²) in [7, 11) is -3.45. The zero-order chi connectivity index (χ0) is 13.2. The molecule has 0 amide bonds. The molecule has 0 aromatic heterocycles. The van der Waals surface area contributed by atoms with Gasteiger partial charge in [-0.05, 0) is 37.0 Å². The highest BCUT2D eigenvalue weighted by Crippen LogP contribution is 2.25. The van der Waals surface area contributed by atoms with Gasteiger partial charge in [0.15, 0.2) is 0 Å². The number of hydrogen-bond donors (Lipinski definition) is 1. The minimum atomic E-state index is -3.45. The average molecular weight is 269 g/mol. The molecule has 100 valence electrons. The molecule has 1 unspecified atom stereocenters. The number of sulfonamides is 1. The van der Waals surface area contributed by atoms with E-state index in [4.69, 9.17) is 0 Å². The first kappa shape index (κ1) is 13.5. The van der Waals surface area contributed by atoms with Crippen LogP contribution in [0, 0.1) is 0 Å². The smallest absolute Gasteiger partial charge is 0.243 e. The Balaban J connectivity index is 2.29. The zero-order valence-electron chi connectivity index (χ0n) is 10.5. The lowest BCUT2D eigenvalue weighted by atomic mass is 10.2. The van der Waals surface area contributed by atoms with Crippen molar-refractivity contribution in [2.24, 2.45) is 0 Å². The molecule has 5 heteroatoms. The molecule has 1 aliphatic heterocycles. The lowest BCUT2D eigenvalue weighted by Gasteiger charge is -2.22. The normalized spacial score (nSPS) is 21.3. The van der Waals surface area contributed by atoms with Crippen molar-refractivity contribution in [3.8, 4) is 0 Å². The molecule has 1 atom stereocenters. The van der Waals surface area contributed by atoms with Crippen molar-refractivity contribution in [1.82, 2.24) is 4.31 Å². The molecule has 1 aliphatic rings. The topological polar surface area (TPSA) is 57.6 Å². The Labute approximate surface area is 108 Å². The summed E-state index contributed by atoms with van der Waals surface area (Å²) >= 11 is 0. The van der Waals surface area contributed by atoms with E-state index in [1.54, 1.807) is 12.1 Å². The van der Waals surface area contributed by atoms with Crippen LogP contribution in [-0.2, 0) is 16.4 Å². The quantitative estimate of drug-likeness (QED) is 0.898. The fourth-order valence-corrected chi connectivity index (χ4v) is 4.03. The summed E-state index contributed by atoms with van der Waals surface area (Å²) in [6, 6.07) is 6.73. The van der Waals surface area contributed by atoms with E-state index in [-0.39, 0.29) is 12.6 Å². The van der Waals surface area contributed by atoms with Crippen LogP contribution in [0.3, 0.4) is 0 Å². The predicted molar refractivity (Wildman–Crippen MR) is 69.8 cm³/mol. The summed E-state index contributed by atoms with van der Waals surface area (Å²) < 4.78 is 26.3. The van der Waals surface area contributed by atoms with Gasteiger partial charge < -0.3 is 5.11 Å². The summed E-state index contributed by atoms with van der Waals surface area (Å²) in [6.45, 7) is 2.43. The summed E-state index contributed by atoms with van der Waals surface area (Å²) in [4.78, 5) is 0.319. The number of benzene rings is 1. The zero-order valence-corrected chi connectivity index (χ0v) is 11.4. The van der Waals surface area contributed by atoms with Gasteiger partial charge in [-0.1, -0.05) is 19.1 Å². The fraction of sp³-hybridized carbons (Fsp3) is 0.538. The molecule has 0 saturated carbocycles. The Hall–Kier alpha value is -0.910. The molecular formula is C13H19NO3S. The van der Waals surface area contributed by atoms with Crippen LogP contribution in [0.4, 0.5) is 0 Å². The molecular weight excluding hydrogens is 250 g/mol. The van der Waals surface area contributed by atoms with Crippen LogP contribution in [-0.4, -0.2) is 37.0 Å². The highest BCUT2D eigenvalue weighted by molar-refractivity contribution is 7.89. The third-order valence-electron chi connectivity index (χ3n) is 3.47. The molecule has 4 nitrogen and oxygen atoms in total. The van der Waals surface area contributed by atoms with Crippen LogP contribution >= 0.6 is 0 Å². The fourth-order valence-electron chi connectivity index (χ4n) is 2.34. The number of aryl methyl sites for hydroxylation is 1. The van der Waals surface area contributed by atoms with E-state index in [1.807, 2.05) is 19.1 Å². The van der Waals surface area contributed by atoms with Gasteiger partial charge in [0.05, 0.1) is 11.5 Å². The third-order valence-corrected chi connectivity index (χ3v) is 5.44. The Kier molecular flexibility index (Phi) is 4.04. The molecule has 2 rings (SSSR count). The van der Waals surface area contributed by atoms with Crippen molar-refractivity contribution >= 4 is 10.0 Å². The molecule has 1 saturated heterocycles. The van der Waals surface area contributed by atoms with Crippen molar-refractivity contribution in [3.05, 3.63) is 29.8 Å². The van der Waals surface area contributed by atoms with Gasteiger partial charge in [0.25, 0.3) is 0 Å². The maximum atomic E-state index is 12.4. The SMILES string of the molecule is CCc1ccc(S(=O)(=O)N2CCCC2CO)cc1. The third kappa shape index (κ3) is 2.43. The van der Waals surface area contributed by atoms with E-state index < -0.39 is 10.0 Å². The van der Waals surface area contributed by atoms with Gasteiger partial charge >= 0.3 is 0 Å². The van der Waals surface area contributed by atoms with E-state index in [9.17, 15) is 13.5 Å².